The van der Waals surface area contributed by atoms with Crippen LogP contribution in [-0.4, -0.2) is 33.0 Å². The lowest BCUT2D eigenvalue weighted by molar-refractivity contribution is 0.0599. The van der Waals surface area contributed by atoms with E-state index in [1.807, 2.05) is 48.5 Å². The summed E-state index contributed by atoms with van der Waals surface area (Å²) >= 11 is 1.63. The summed E-state index contributed by atoms with van der Waals surface area (Å²) in [6, 6.07) is 19.0. The highest BCUT2D eigenvalue weighted by molar-refractivity contribution is 7.89. The van der Waals surface area contributed by atoms with Crippen molar-refractivity contribution in [2.75, 3.05) is 13.7 Å². The molecule has 0 spiro atoms. The zero-order valence-electron chi connectivity index (χ0n) is 18.6. The Morgan fingerprint density at radius 1 is 1.06 bits per heavy atom. The maximum absolute atomic E-state index is 12.8. The van der Waals surface area contributed by atoms with Crippen LogP contribution in [0.25, 0.3) is 20.8 Å². The summed E-state index contributed by atoms with van der Waals surface area (Å²) in [5, 5.41) is 0.958. The third-order valence-electron chi connectivity index (χ3n) is 5.53. The minimum atomic E-state index is -3.78. The van der Waals surface area contributed by atoms with Crippen LogP contribution in [0.3, 0.4) is 0 Å². The van der Waals surface area contributed by atoms with Gasteiger partial charge in [-0.3, -0.25) is 0 Å². The number of fused-ring (bicyclic) bond motifs is 1. The lowest BCUT2D eigenvalue weighted by atomic mass is 10.0. The van der Waals surface area contributed by atoms with Gasteiger partial charge in [-0.05, 0) is 61.2 Å². The van der Waals surface area contributed by atoms with Gasteiger partial charge in [0.25, 0.3) is 0 Å². The predicted octanol–water partition coefficient (Wildman–Crippen LogP) is 4.89. The number of methoxy groups -OCH3 is 1. The van der Waals surface area contributed by atoms with E-state index in [0.29, 0.717) is 17.5 Å². The molecule has 6 nitrogen and oxygen atoms in total. The number of nitrogens with one attached hydrogen (secondary N) is 1. The lowest BCUT2D eigenvalue weighted by Gasteiger charge is -2.12. The molecule has 0 amide bonds. The van der Waals surface area contributed by atoms with Crippen LogP contribution in [0.5, 0.6) is 0 Å². The van der Waals surface area contributed by atoms with E-state index in [0.717, 1.165) is 26.4 Å². The molecule has 0 saturated carbocycles. The molecule has 170 valence electrons. The van der Waals surface area contributed by atoms with E-state index >= 15 is 0 Å². The molecule has 0 aliphatic rings. The maximum atomic E-state index is 12.8. The van der Waals surface area contributed by atoms with Crippen molar-refractivity contribution >= 4 is 37.5 Å². The first-order valence-electron chi connectivity index (χ1n) is 10.4. The molecule has 0 unspecified atom stereocenters. The van der Waals surface area contributed by atoms with E-state index in [9.17, 15) is 13.2 Å². The Bertz CT molecular complexity index is 1430. The fourth-order valence-corrected chi connectivity index (χ4v) is 5.64. The first kappa shape index (κ1) is 23.1. The molecule has 3 aromatic carbocycles. The van der Waals surface area contributed by atoms with Gasteiger partial charge in [-0.1, -0.05) is 36.4 Å². The number of thiazole rings is 1. The highest BCUT2D eigenvalue weighted by Gasteiger charge is 2.20. The molecular weight excluding hydrogens is 456 g/mol. The van der Waals surface area contributed by atoms with Gasteiger partial charge in [-0.15, -0.1) is 11.3 Å². The molecule has 0 radical (unpaired) electrons. The number of hydrogen-bond acceptors (Lipinski definition) is 6. The van der Waals surface area contributed by atoms with Crippen LogP contribution >= 0.6 is 11.3 Å². The van der Waals surface area contributed by atoms with Crippen LogP contribution < -0.4 is 4.72 Å². The Balaban J connectivity index is 1.48. The number of aromatic nitrogens is 1. The number of carbonyl (C=O) groups excluding carboxylic acids is 1. The molecule has 1 aromatic heterocycles. The Morgan fingerprint density at radius 3 is 2.55 bits per heavy atom. The fourth-order valence-electron chi connectivity index (χ4n) is 3.55. The number of carbonyl (C=O) groups is 1. The van der Waals surface area contributed by atoms with Crippen LogP contribution in [-0.2, 0) is 21.2 Å². The van der Waals surface area contributed by atoms with E-state index in [1.165, 1.54) is 13.2 Å². The van der Waals surface area contributed by atoms with E-state index in [2.05, 4.69) is 4.72 Å². The van der Waals surface area contributed by atoms with E-state index < -0.39 is 16.0 Å². The second-order valence-corrected chi connectivity index (χ2v) is 10.5. The van der Waals surface area contributed by atoms with Gasteiger partial charge in [0.1, 0.15) is 5.01 Å². The van der Waals surface area contributed by atoms with Gasteiger partial charge in [-0.2, -0.15) is 0 Å². The van der Waals surface area contributed by atoms with Gasteiger partial charge in [-0.25, -0.2) is 22.9 Å². The van der Waals surface area contributed by atoms with Crippen molar-refractivity contribution in [1.82, 2.24) is 9.71 Å². The van der Waals surface area contributed by atoms with Crippen molar-refractivity contribution < 1.29 is 17.9 Å². The van der Waals surface area contributed by atoms with Gasteiger partial charge >= 0.3 is 5.97 Å². The zero-order valence-corrected chi connectivity index (χ0v) is 20.2. The number of hydrogen-bond donors (Lipinski definition) is 1. The zero-order chi connectivity index (χ0) is 23.6. The normalized spacial score (nSPS) is 11.6. The first-order valence-corrected chi connectivity index (χ1v) is 12.7. The van der Waals surface area contributed by atoms with Crippen LogP contribution in [0, 0.1) is 13.8 Å². The van der Waals surface area contributed by atoms with Crippen molar-refractivity contribution in [1.29, 1.82) is 0 Å². The summed E-state index contributed by atoms with van der Waals surface area (Å²) in [6.45, 7) is 3.76. The third-order valence-corrected chi connectivity index (χ3v) is 8.06. The molecule has 0 fully saturated rings. The molecule has 4 aromatic rings. The third kappa shape index (κ3) is 4.98. The highest BCUT2D eigenvalue weighted by Crippen LogP contribution is 2.30. The smallest absolute Gasteiger partial charge is 0.338 e. The Labute approximate surface area is 197 Å². The number of nitrogens with zero attached hydrogens (tertiary/aromatic N) is 1. The summed E-state index contributed by atoms with van der Waals surface area (Å²) in [5.74, 6) is -0.556. The number of esters is 1. The Kier molecular flexibility index (Phi) is 6.60. The van der Waals surface area contributed by atoms with Crippen molar-refractivity contribution in [3.05, 3.63) is 82.9 Å². The van der Waals surface area contributed by atoms with E-state index in [-0.39, 0.29) is 17.0 Å². The molecule has 33 heavy (non-hydrogen) atoms. The van der Waals surface area contributed by atoms with Crippen LogP contribution in [0.4, 0.5) is 0 Å². The molecule has 0 atom stereocenters. The highest BCUT2D eigenvalue weighted by atomic mass is 32.2. The molecule has 1 heterocycles. The fraction of sp³-hybridized carbons (Fsp3) is 0.200. The van der Waals surface area contributed by atoms with Gasteiger partial charge in [0.05, 0.1) is 27.8 Å². The predicted molar refractivity (Wildman–Crippen MR) is 131 cm³/mol. The SMILES string of the molecule is COC(=O)c1cc(S(=O)(=O)NCCc2ccc3sc(-c4ccccc4)nc3c2)cc(C)c1C. The van der Waals surface area contributed by atoms with Gasteiger partial charge in [0.15, 0.2) is 0 Å². The topological polar surface area (TPSA) is 85.4 Å². The minimum Gasteiger partial charge on any atom is -0.465 e. The second-order valence-electron chi connectivity index (χ2n) is 7.74. The number of aryl methyl sites for hydroxylation is 1. The van der Waals surface area contributed by atoms with Crippen molar-refractivity contribution in [2.45, 2.75) is 25.2 Å². The van der Waals surface area contributed by atoms with Crippen molar-refractivity contribution in [3.8, 4) is 10.6 Å². The van der Waals surface area contributed by atoms with E-state index in [1.54, 1.807) is 31.3 Å². The summed E-state index contributed by atoms with van der Waals surface area (Å²) in [6.07, 6.45) is 0.516. The quantitative estimate of drug-likeness (QED) is 0.381. The van der Waals surface area contributed by atoms with Gasteiger partial charge in [0, 0.05) is 12.1 Å². The molecule has 8 heteroatoms. The molecule has 0 aliphatic carbocycles. The van der Waals surface area contributed by atoms with Gasteiger partial charge in [0.2, 0.25) is 10.0 Å². The number of rotatable bonds is 7. The average Bonchev–Trinajstić information content (AvgIpc) is 3.24. The molecule has 0 bridgehead atoms. The standard InChI is InChI=1S/C25H24N2O4S2/c1-16-13-20(15-21(17(16)2)25(28)31-3)33(29,30)26-12-11-18-9-10-23-22(14-18)27-24(32-23)19-7-5-4-6-8-19/h4-10,13-15,26H,11-12H2,1-3H3. The van der Waals surface area contributed by atoms with Gasteiger partial charge < -0.3 is 4.74 Å². The molecule has 1 N–H and O–H groups in total. The molecular formula is C25H24N2O4S2. The average molecular weight is 481 g/mol. The van der Waals surface area contributed by atoms with E-state index in [4.69, 9.17) is 9.72 Å². The Morgan fingerprint density at radius 2 is 1.82 bits per heavy atom. The largest absolute Gasteiger partial charge is 0.465 e. The lowest BCUT2D eigenvalue weighted by Crippen LogP contribution is -2.26. The number of ether oxygens (including phenoxy) is 1. The molecule has 0 saturated heterocycles. The summed E-state index contributed by atoms with van der Waals surface area (Å²) < 4.78 is 34.2. The molecule has 4 rings (SSSR count). The first-order chi connectivity index (χ1) is 15.8. The van der Waals surface area contributed by atoms with Crippen LogP contribution in [0.1, 0.15) is 27.0 Å². The van der Waals surface area contributed by atoms with Crippen LogP contribution in [0.15, 0.2) is 65.6 Å². The monoisotopic (exact) mass is 480 g/mol. The number of sulfonamides is 1. The summed E-state index contributed by atoms with van der Waals surface area (Å²) in [7, 11) is -2.50. The summed E-state index contributed by atoms with van der Waals surface area (Å²) in [5.41, 5.74) is 4.63. The minimum absolute atomic E-state index is 0.0495. The maximum Gasteiger partial charge on any atom is 0.338 e. The van der Waals surface area contributed by atoms with Crippen molar-refractivity contribution in [2.24, 2.45) is 0 Å². The number of benzene rings is 3. The Hall–Kier alpha value is -3.07. The second kappa shape index (κ2) is 9.43. The van der Waals surface area contributed by atoms with Crippen molar-refractivity contribution in [3.63, 3.8) is 0 Å². The molecule has 0 aliphatic heterocycles. The van der Waals surface area contributed by atoms with Crippen LogP contribution in [0.2, 0.25) is 0 Å². The summed E-state index contributed by atoms with van der Waals surface area (Å²) in [4.78, 5) is 16.8.